The Morgan fingerprint density at radius 1 is 1.45 bits per heavy atom. The molecular formula is C15H23N3O2. The van der Waals surface area contributed by atoms with E-state index in [1.54, 1.807) is 31.2 Å². The van der Waals surface area contributed by atoms with Crippen LogP contribution in [-0.2, 0) is 9.53 Å². The Morgan fingerprint density at radius 3 is 2.80 bits per heavy atom. The average Bonchev–Trinajstić information content (AvgIpc) is 2.47. The molecule has 0 aromatic heterocycles. The summed E-state index contributed by atoms with van der Waals surface area (Å²) in [6.07, 6.45) is 2.41. The molecule has 5 nitrogen and oxygen atoms in total. The summed E-state index contributed by atoms with van der Waals surface area (Å²) in [4.78, 5) is 16.1. The Labute approximate surface area is 120 Å². The zero-order valence-electron chi connectivity index (χ0n) is 12.2. The average molecular weight is 277 g/mol. The molecule has 0 spiro atoms. The molecule has 1 aliphatic heterocycles. The Bertz CT molecular complexity index is 447. The van der Waals surface area contributed by atoms with E-state index in [0.29, 0.717) is 12.2 Å². The molecule has 1 aliphatic rings. The van der Waals surface area contributed by atoms with Crippen molar-refractivity contribution in [3.63, 3.8) is 0 Å². The number of methoxy groups -OCH3 is 1. The third-order valence-corrected chi connectivity index (χ3v) is 3.81. The zero-order chi connectivity index (χ0) is 14.5. The monoisotopic (exact) mass is 277 g/mol. The second-order valence-electron chi connectivity index (χ2n) is 5.28. The number of hydrogen-bond acceptors (Lipinski definition) is 4. The van der Waals surface area contributed by atoms with E-state index in [4.69, 9.17) is 10.5 Å². The number of hydrogen-bond donors (Lipinski definition) is 1. The molecule has 1 saturated heterocycles. The summed E-state index contributed by atoms with van der Waals surface area (Å²) >= 11 is 0. The van der Waals surface area contributed by atoms with Crippen molar-refractivity contribution >= 4 is 17.3 Å². The van der Waals surface area contributed by atoms with Crippen LogP contribution < -0.4 is 10.6 Å². The lowest BCUT2D eigenvalue weighted by atomic mass is 10.1. The van der Waals surface area contributed by atoms with E-state index in [1.165, 1.54) is 0 Å². The first-order valence-corrected chi connectivity index (χ1v) is 6.97. The topological polar surface area (TPSA) is 58.8 Å². The number of amides is 1. The molecule has 0 saturated carbocycles. The normalized spacial score (nSPS) is 19.8. The van der Waals surface area contributed by atoms with Crippen molar-refractivity contribution in [1.29, 1.82) is 0 Å². The van der Waals surface area contributed by atoms with E-state index in [9.17, 15) is 4.79 Å². The predicted octanol–water partition coefficient (Wildman–Crippen LogP) is 1.34. The smallest absolute Gasteiger partial charge is 0.240 e. The van der Waals surface area contributed by atoms with Crippen molar-refractivity contribution in [3.8, 4) is 0 Å². The molecule has 2 rings (SSSR count). The van der Waals surface area contributed by atoms with Crippen molar-refractivity contribution in [1.82, 2.24) is 4.90 Å². The molecule has 1 atom stereocenters. The highest BCUT2D eigenvalue weighted by Gasteiger charge is 2.22. The fraction of sp³-hybridized carbons (Fsp3) is 0.533. The molecule has 0 radical (unpaired) electrons. The Hall–Kier alpha value is -1.59. The van der Waals surface area contributed by atoms with Crippen LogP contribution in [0, 0.1) is 0 Å². The third kappa shape index (κ3) is 3.71. The molecular weight excluding hydrogens is 254 g/mol. The third-order valence-electron chi connectivity index (χ3n) is 3.81. The number of nitrogens with two attached hydrogens (primary N) is 1. The highest BCUT2D eigenvalue weighted by Crippen LogP contribution is 2.16. The summed E-state index contributed by atoms with van der Waals surface area (Å²) in [5, 5.41) is 0. The van der Waals surface area contributed by atoms with Gasteiger partial charge in [-0.2, -0.15) is 0 Å². The van der Waals surface area contributed by atoms with Crippen molar-refractivity contribution in [3.05, 3.63) is 24.3 Å². The van der Waals surface area contributed by atoms with Crippen LogP contribution in [0.25, 0.3) is 0 Å². The van der Waals surface area contributed by atoms with Gasteiger partial charge >= 0.3 is 0 Å². The van der Waals surface area contributed by atoms with Crippen LogP contribution in [-0.4, -0.2) is 50.7 Å². The number of anilines is 2. The van der Waals surface area contributed by atoms with Gasteiger partial charge in [0.1, 0.15) is 0 Å². The lowest BCUT2D eigenvalue weighted by Crippen LogP contribution is -2.45. The second-order valence-corrected chi connectivity index (χ2v) is 5.28. The summed E-state index contributed by atoms with van der Waals surface area (Å²) in [5.41, 5.74) is 7.23. The largest absolute Gasteiger partial charge is 0.399 e. The number of piperidine rings is 1. The van der Waals surface area contributed by atoms with Crippen LogP contribution in [0.5, 0.6) is 0 Å². The van der Waals surface area contributed by atoms with Crippen molar-refractivity contribution in [2.45, 2.75) is 18.9 Å². The van der Waals surface area contributed by atoms with Gasteiger partial charge in [0.15, 0.2) is 0 Å². The Kier molecular flexibility index (Phi) is 4.98. The van der Waals surface area contributed by atoms with E-state index in [2.05, 4.69) is 4.90 Å². The lowest BCUT2D eigenvalue weighted by molar-refractivity contribution is -0.120. The Morgan fingerprint density at radius 2 is 2.15 bits per heavy atom. The molecule has 0 aliphatic carbocycles. The van der Waals surface area contributed by atoms with Gasteiger partial charge in [0.25, 0.3) is 0 Å². The molecule has 1 unspecified atom stereocenters. The van der Waals surface area contributed by atoms with Crippen LogP contribution in [0.3, 0.4) is 0 Å². The van der Waals surface area contributed by atoms with E-state index < -0.39 is 0 Å². The number of carbonyl (C=O) groups excluding carboxylic acids is 1. The fourth-order valence-electron chi connectivity index (χ4n) is 2.49. The highest BCUT2D eigenvalue weighted by atomic mass is 16.5. The maximum atomic E-state index is 12.3. The number of ether oxygens (including phenoxy) is 1. The van der Waals surface area contributed by atoms with Gasteiger partial charge in [-0.3, -0.25) is 9.69 Å². The molecule has 1 fully saturated rings. The number of rotatable bonds is 4. The standard InChI is InChI=1S/C15H23N3O2/c1-17(13-7-5-12(16)6-8-13)15(19)11-18-9-3-4-14(10-18)20-2/h5-8,14H,3-4,9-11,16H2,1-2H3. The SMILES string of the molecule is COC1CCCN(CC(=O)N(C)c2ccc(N)cc2)C1. The molecule has 2 N–H and O–H groups in total. The van der Waals surface area contributed by atoms with Crippen molar-refractivity contribution in [2.75, 3.05) is 44.4 Å². The van der Waals surface area contributed by atoms with E-state index in [0.717, 1.165) is 31.6 Å². The predicted molar refractivity (Wildman–Crippen MR) is 80.7 cm³/mol. The molecule has 20 heavy (non-hydrogen) atoms. The summed E-state index contributed by atoms with van der Waals surface area (Å²) in [7, 11) is 3.53. The summed E-state index contributed by atoms with van der Waals surface area (Å²) in [6, 6.07) is 7.34. The first kappa shape index (κ1) is 14.8. The first-order chi connectivity index (χ1) is 9.60. The van der Waals surface area contributed by atoms with Crippen LogP contribution in [0.2, 0.25) is 0 Å². The molecule has 5 heteroatoms. The molecule has 1 amide bonds. The highest BCUT2D eigenvalue weighted by molar-refractivity contribution is 5.94. The van der Waals surface area contributed by atoms with Crippen molar-refractivity contribution < 1.29 is 9.53 Å². The second kappa shape index (κ2) is 6.72. The van der Waals surface area contributed by atoms with Gasteiger partial charge in [0.05, 0.1) is 12.6 Å². The van der Waals surface area contributed by atoms with Gasteiger partial charge in [-0.15, -0.1) is 0 Å². The van der Waals surface area contributed by atoms with Gasteiger partial charge in [-0.1, -0.05) is 0 Å². The van der Waals surface area contributed by atoms with E-state index in [-0.39, 0.29) is 12.0 Å². The molecule has 0 bridgehead atoms. The van der Waals surface area contributed by atoms with Crippen LogP contribution in [0.15, 0.2) is 24.3 Å². The minimum Gasteiger partial charge on any atom is -0.399 e. The fourth-order valence-corrected chi connectivity index (χ4v) is 2.49. The van der Waals surface area contributed by atoms with Crippen LogP contribution in [0.4, 0.5) is 11.4 Å². The summed E-state index contributed by atoms with van der Waals surface area (Å²) in [5.74, 6) is 0.0894. The first-order valence-electron chi connectivity index (χ1n) is 6.97. The van der Waals surface area contributed by atoms with Crippen LogP contribution >= 0.6 is 0 Å². The number of carbonyl (C=O) groups is 1. The van der Waals surface area contributed by atoms with Gasteiger partial charge < -0.3 is 15.4 Å². The van der Waals surface area contributed by atoms with Crippen molar-refractivity contribution in [2.24, 2.45) is 0 Å². The quantitative estimate of drug-likeness (QED) is 0.844. The number of likely N-dealkylation sites (tertiary alicyclic amines) is 1. The lowest BCUT2D eigenvalue weighted by Gasteiger charge is -2.32. The van der Waals surface area contributed by atoms with Gasteiger partial charge in [-0.25, -0.2) is 0 Å². The molecule has 110 valence electrons. The minimum atomic E-state index is 0.0894. The number of likely N-dealkylation sites (N-methyl/N-ethyl adjacent to an activating group) is 1. The minimum absolute atomic E-state index is 0.0894. The van der Waals surface area contributed by atoms with Crippen LogP contribution in [0.1, 0.15) is 12.8 Å². The van der Waals surface area contributed by atoms with E-state index in [1.807, 2.05) is 12.1 Å². The molecule has 1 aromatic carbocycles. The van der Waals surface area contributed by atoms with Gasteiger partial charge in [0.2, 0.25) is 5.91 Å². The number of benzene rings is 1. The summed E-state index contributed by atoms with van der Waals surface area (Å²) in [6.45, 7) is 2.22. The number of nitrogens with zero attached hydrogens (tertiary/aromatic N) is 2. The Balaban J connectivity index is 1.92. The maximum Gasteiger partial charge on any atom is 0.240 e. The zero-order valence-corrected chi connectivity index (χ0v) is 12.2. The number of nitrogen functional groups attached to an aromatic ring is 1. The molecule has 1 heterocycles. The van der Waals surface area contributed by atoms with Gasteiger partial charge in [0, 0.05) is 32.1 Å². The summed E-state index contributed by atoms with van der Waals surface area (Å²) < 4.78 is 5.38. The van der Waals surface area contributed by atoms with Gasteiger partial charge in [-0.05, 0) is 43.7 Å². The molecule has 1 aromatic rings. The van der Waals surface area contributed by atoms with E-state index >= 15 is 0 Å². The maximum absolute atomic E-state index is 12.3.